The van der Waals surface area contributed by atoms with E-state index in [1.54, 1.807) is 6.07 Å². The van der Waals surface area contributed by atoms with Crippen molar-refractivity contribution in [3.8, 4) is 0 Å². The first-order valence-electron chi connectivity index (χ1n) is 5.34. The molecule has 0 radical (unpaired) electrons. The molecule has 1 aromatic rings. The number of rotatable bonds is 3. The molecule has 2 atom stereocenters. The topological polar surface area (TPSA) is 79.5 Å². The van der Waals surface area contributed by atoms with Crippen molar-refractivity contribution in [3.63, 3.8) is 0 Å². The number of carbonyl (C=O) groups excluding carboxylic acids is 1. The van der Waals surface area contributed by atoms with Gasteiger partial charge in [-0.25, -0.2) is 0 Å². The summed E-state index contributed by atoms with van der Waals surface area (Å²) in [6.07, 6.45) is 3.19. The number of carbonyl (C=O) groups is 2. The number of nitrogens with one attached hydrogen (secondary N) is 1. The Morgan fingerprint density at radius 1 is 1.47 bits per heavy atom. The van der Waals surface area contributed by atoms with Crippen LogP contribution in [0, 0.1) is 5.92 Å². The van der Waals surface area contributed by atoms with Gasteiger partial charge in [0, 0.05) is 12.1 Å². The van der Waals surface area contributed by atoms with Crippen LogP contribution in [0.4, 0.5) is 0 Å². The Bertz CT molecular complexity index is 442. The minimum atomic E-state index is -0.784. The second kappa shape index (κ2) is 4.91. The molecule has 5 nitrogen and oxygen atoms in total. The maximum atomic E-state index is 11.8. The molecule has 92 valence electrons. The number of halogens is 1. The van der Waals surface area contributed by atoms with Crippen LogP contribution in [0.3, 0.4) is 0 Å². The van der Waals surface area contributed by atoms with Crippen LogP contribution in [0.1, 0.15) is 29.6 Å². The number of carboxylic acids is 1. The number of hydrogen-bond acceptors (Lipinski definition) is 3. The van der Waals surface area contributed by atoms with Gasteiger partial charge in [0.25, 0.3) is 5.91 Å². The van der Waals surface area contributed by atoms with Crippen LogP contribution in [0.5, 0.6) is 0 Å². The van der Waals surface area contributed by atoms with Crippen LogP contribution < -0.4 is 5.32 Å². The van der Waals surface area contributed by atoms with Crippen LogP contribution in [0.25, 0.3) is 0 Å². The monoisotopic (exact) mass is 301 g/mol. The lowest BCUT2D eigenvalue weighted by Gasteiger charge is -2.11. The Morgan fingerprint density at radius 3 is 2.76 bits per heavy atom. The highest BCUT2D eigenvalue weighted by Gasteiger charge is 2.30. The normalized spacial score (nSPS) is 23.6. The number of aliphatic carboxylic acids is 1. The van der Waals surface area contributed by atoms with Gasteiger partial charge in [0.2, 0.25) is 0 Å². The highest BCUT2D eigenvalue weighted by molar-refractivity contribution is 9.10. The third kappa shape index (κ3) is 2.88. The van der Waals surface area contributed by atoms with Gasteiger partial charge in [-0.1, -0.05) is 0 Å². The fourth-order valence-corrected chi connectivity index (χ4v) is 2.37. The van der Waals surface area contributed by atoms with Gasteiger partial charge in [-0.3, -0.25) is 9.59 Å². The summed E-state index contributed by atoms with van der Waals surface area (Å²) in [4.78, 5) is 22.5. The van der Waals surface area contributed by atoms with E-state index >= 15 is 0 Å². The number of amides is 1. The van der Waals surface area contributed by atoms with Crippen molar-refractivity contribution in [1.29, 1.82) is 0 Å². The summed E-state index contributed by atoms with van der Waals surface area (Å²) < 4.78 is 5.47. The van der Waals surface area contributed by atoms with Gasteiger partial charge < -0.3 is 14.8 Å². The van der Waals surface area contributed by atoms with E-state index in [2.05, 4.69) is 21.2 Å². The van der Waals surface area contributed by atoms with Crippen LogP contribution in [-0.4, -0.2) is 23.0 Å². The summed E-state index contributed by atoms with van der Waals surface area (Å²) in [6.45, 7) is 0. The second-order valence-corrected chi connectivity index (χ2v) is 4.94. The summed E-state index contributed by atoms with van der Waals surface area (Å²) in [5.41, 5.74) is 0.440. The van der Waals surface area contributed by atoms with E-state index in [1.165, 1.54) is 6.26 Å². The molecule has 1 aliphatic carbocycles. The maximum absolute atomic E-state index is 11.8. The summed E-state index contributed by atoms with van der Waals surface area (Å²) in [6, 6.07) is 1.52. The summed E-state index contributed by atoms with van der Waals surface area (Å²) in [7, 11) is 0. The smallest absolute Gasteiger partial charge is 0.306 e. The van der Waals surface area contributed by atoms with Crippen LogP contribution in [-0.2, 0) is 4.79 Å². The van der Waals surface area contributed by atoms with Crippen molar-refractivity contribution in [2.75, 3.05) is 0 Å². The highest BCUT2D eigenvalue weighted by Crippen LogP contribution is 2.26. The van der Waals surface area contributed by atoms with E-state index < -0.39 is 5.97 Å². The third-order valence-electron chi connectivity index (χ3n) is 2.95. The Morgan fingerprint density at radius 2 is 2.24 bits per heavy atom. The van der Waals surface area contributed by atoms with Crippen molar-refractivity contribution in [1.82, 2.24) is 5.32 Å². The fraction of sp³-hybridized carbons (Fsp3) is 0.455. The zero-order chi connectivity index (χ0) is 12.4. The Balaban J connectivity index is 1.90. The maximum Gasteiger partial charge on any atom is 0.306 e. The molecule has 0 aliphatic heterocycles. The zero-order valence-electron chi connectivity index (χ0n) is 8.98. The minimum Gasteiger partial charge on any atom is -0.481 e. The van der Waals surface area contributed by atoms with Crippen molar-refractivity contribution in [2.24, 2.45) is 5.92 Å². The first-order valence-corrected chi connectivity index (χ1v) is 6.13. The molecule has 2 N–H and O–H groups in total. The van der Waals surface area contributed by atoms with Gasteiger partial charge in [-0.15, -0.1) is 0 Å². The van der Waals surface area contributed by atoms with Gasteiger partial charge >= 0.3 is 5.97 Å². The minimum absolute atomic E-state index is 0.0581. The Kier molecular flexibility index (Phi) is 3.51. The van der Waals surface area contributed by atoms with Crippen molar-refractivity contribution >= 4 is 27.8 Å². The fourth-order valence-electron chi connectivity index (χ4n) is 2.03. The standard InChI is InChI=1S/C11H12BrNO4/c12-9-4-7(5-17-9)10(14)13-8-2-1-6(3-8)11(15)16/h4-6,8H,1-3H2,(H,13,14)(H,15,16)/t6-,8-/m1/s1. The lowest BCUT2D eigenvalue weighted by atomic mass is 10.1. The molecule has 1 heterocycles. The molecule has 0 bridgehead atoms. The average molecular weight is 302 g/mol. The molecule has 0 spiro atoms. The van der Waals surface area contributed by atoms with Gasteiger partial charge in [-0.05, 0) is 35.2 Å². The molecule has 1 aliphatic rings. The number of furan rings is 1. The van der Waals surface area contributed by atoms with E-state index in [0.29, 0.717) is 29.5 Å². The van der Waals surface area contributed by atoms with E-state index in [4.69, 9.17) is 9.52 Å². The molecule has 0 unspecified atom stereocenters. The average Bonchev–Trinajstić information content (AvgIpc) is 2.86. The SMILES string of the molecule is O=C(N[C@@H]1CC[C@@H](C(=O)O)C1)c1coc(Br)c1. The number of carboxylic acid groups (broad SMARTS) is 1. The lowest BCUT2D eigenvalue weighted by Crippen LogP contribution is -2.33. The summed E-state index contributed by atoms with van der Waals surface area (Å²) >= 11 is 3.12. The molecular formula is C11H12BrNO4. The van der Waals surface area contributed by atoms with Gasteiger partial charge in [0.15, 0.2) is 4.67 Å². The Labute approximate surface area is 106 Å². The molecule has 1 saturated carbocycles. The van der Waals surface area contributed by atoms with E-state index in [0.717, 1.165) is 0 Å². The van der Waals surface area contributed by atoms with Gasteiger partial charge in [-0.2, -0.15) is 0 Å². The van der Waals surface area contributed by atoms with Crippen LogP contribution in [0.2, 0.25) is 0 Å². The molecule has 6 heteroatoms. The molecule has 1 amide bonds. The second-order valence-electron chi connectivity index (χ2n) is 4.16. The number of hydrogen-bond donors (Lipinski definition) is 2. The van der Waals surface area contributed by atoms with E-state index in [-0.39, 0.29) is 17.9 Å². The molecule has 17 heavy (non-hydrogen) atoms. The highest BCUT2D eigenvalue weighted by atomic mass is 79.9. The van der Waals surface area contributed by atoms with E-state index in [1.807, 2.05) is 0 Å². The zero-order valence-corrected chi connectivity index (χ0v) is 10.6. The molecule has 2 rings (SSSR count). The largest absolute Gasteiger partial charge is 0.481 e. The summed E-state index contributed by atoms with van der Waals surface area (Å²) in [5.74, 6) is -1.35. The Hall–Kier alpha value is -1.30. The van der Waals surface area contributed by atoms with E-state index in [9.17, 15) is 9.59 Å². The molecule has 1 aromatic heterocycles. The third-order valence-corrected chi connectivity index (χ3v) is 3.36. The molecule has 1 fully saturated rings. The molecule has 0 aromatic carbocycles. The van der Waals surface area contributed by atoms with Crippen LogP contribution >= 0.6 is 15.9 Å². The summed E-state index contributed by atoms with van der Waals surface area (Å²) in [5, 5.41) is 11.7. The van der Waals surface area contributed by atoms with Gasteiger partial charge in [0.05, 0.1) is 11.5 Å². The first kappa shape index (κ1) is 12.2. The molecular weight excluding hydrogens is 290 g/mol. The predicted octanol–water partition coefficient (Wildman–Crippen LogP) is 2.03. The van der Waals surface area contributed by atoms with Crippen molar-refractivity contribution in [2.45, 2.75) is 25.3 Å². The van der Waals surface area contributed by atoms with Gasteiger partial charge in [0.1, 0.15) is 6.26 Å². The lowest BCUT2D eigenvalue weighted by molar-refractivity contribution is -0.141. The molecule has 0 saturated heterocycles. The van der Waals surface area contributed by atoms with Crippen molar-refractivity contribution < 1.29 is 19.1 Å². The predicted molar refractivity (Wildman–Crippen MR) is 62.6 cm³/mol. The van der Waals surface area contributed by atoms with Crippen LogP contribution in [0.15, 0.2) is 21.4 Å². The van der Waals surface area contributed by atoms with Crippen molar-refractivity contribution in [3.05, 3.63) is 22.6 Å². The first-order chi connectivity index (χ1) is 8.06. The quantitative estimate of drug-likeness (QED) is 0.895.